The minimum atomic E-state index is -0.308. The van der Waals surface area contributed by atoms with Crippen LogP contribution in [-0.2, 0) is 13.5 Å². The molecule has 0 aliphatic heterocycles. The van der Waals surface area contributed by atoms with E-state index in [1.807, 2.05) is 18.2 Å². The number of aryl methyl sites for hydroxylation is 1. The molecule has 4 nitrogen and oxygen atoms in total. The van der Waals surface area contributed by atoms with Crippen molar-refractivity contribution in [2.24, 2.45) is 7.05 Å². The van der Waals surface area contributed by atoms with Gasteiger partial charge in [-0.3, -0.25) is 4.57 Å². The van der Waals surface area contributed by atoms with Crippen LogP contribution in [0.5, 0.6) is 0 Å². The molecule has 92 valence electrons. The summed E-state index contributed by atoms with van der Waals surface area (Å²) >= 11 is 0. The van der Waals surface area contributed by atoms with E-state index < -0.39 is 0 Å². The number of benzene rings is 1. The fraction of sp³-hybridized carbons (Fsp3) is 0.462. The van der Waals surface area contributed by atoms with Crippen LogP contribution in [0.1, 0.15) is 19.4 Å². The highest BCUT2D eigenvalue weighted by Gasteiger charge is 2.06. The van der Waals surface area contributed by atoms with E-state index in [1.165, 1.54) is 10.1 Å². The molecule has 0 spiro atoms. The van der Waals surface area contributed by atoms with Crippen LogP contribution in [0.15, 0.2) is 27.4 Å². The normalized spacial score (nSPS) is 11.5. The monoisotopic (exact) mass is 234 g/mol. The first-order chi connectivity index (χ1) is 8.08. The Kier molecular flexibility index (Phi) is 3.33. The number of rotatable bonds is 4. The second-order valence-corrected chi connectivity index (χ2v) is 4.59. The lowest BCUT2D eigenvalue weighted by atomic mass is 10.1. The third-order valence-corrected chi connectivity index (χ3v) is 2.82. The van der Waals surface area contributed by atoms with Crippen molar-refractivity contribution in [3.05, 3.63) is 34.3 Å². The lowest BCUT2D eigenvalue weighted by molar-refractivity contribution is 0.528. The SMILES string of the molecule is CC(C)NCCc1ccc2oc(=O)n(C)c2c1. The van der Waals surface area contributed by atoms with Gasteiger partial charge >= 0.3 is 5.76 Å². The van der Waals surface area contributed by atoms with Gasteiger partial charge in [-0.2, -0.15) is 0 Å². The van der Waals surface area contributed by atoms with E-state index in [0.29, 0.717) is 11.6 Å². The van der Waals surface area contributed by atoms with Crippen molar-refractivity contribution in [3.8, 4) is 0 Å². The molecule has 1 N–H and O–H groups in total. The Morgan fingerprint density at radius 3 is 2.88 bits per heavy atom. The van der Waals surface area contributed by atoms with Crippen molar-refractivity contribution in [3.63, 3.8) is 0 Å². The standard InChI is InChI=1S/C13H18N2O2/c1-9(2)14-7-6-10-4-5-12-11(8-10)15(3)13(16)17-12/h4-5,8-9,14H,6-7H2,1-3H3. The molecule has 0 saturated carbocycles. The Balaban J connectivity index is 2.19. The summed E-state index contributed by atoms with van der Waals surface area (Å²) in [6, 6.07) is 6.38. The second kappa shape index (κ2) is 4.75. The summed E-state index contributed by atoms with van der Waals surface area (Å²) in [5.74, 6) is -0.308. The molecule has 0 aliphatic carbocycles. The van der Waals surface area contributed by atoms with Crippen molar-refractivity contribution >= 4 is 11.1 Å². The van der Waals surface area contributed by atoms with E-state index in [1.54, 1.807) is 7.05 Å². The number of nitrogens with zero attached hydrogens (tertiary/aromatic N) is 1. The van der Waals surface area contributed by atoms with Crippen LogP contribution in [0.3, 0.4) is 0 Å². The van der Waals surface area contributed by atoms with Gasteiger partial charge in [0.25, 0.3) is 0 Å². The van der Waals surface area contributed by atoms with Crippen molar-refractivity contribution in [2.45, 2.75) is 26.3 Å². The molecule has 2 rings (SSSR count). The number of hydrogen-bond acceptors (Lipinski definition) is 3. The largest absolute Gasteiger partial charge is 0.419 e. The maximum Gasteiger partial charge on any atom is 0.419 e. The summed E-state index contributed by atoms with van der Waals surface area (Å²) < 4.78 is 6.62. The zero-order chi connectivity index (χ0) is 12.4. The molecular weight excluding hydrogens is 216 g/mol. The molecule has 0 amide bonds. The van der Waals surface area contributed by atoms with Gasteiger partial charge in [-0.15, -0.1) is 0 Å². The minimum absolute atomic E-state index is 0.308. The predicted octanol–water partition coefficient (Wildman–Crippen LogP) is 1.67. The molecule has 4 heteroatoms. The summed E-state index contributed by atoms with van der Waals surface area (Å²) in [5.41, 5.74) is 2.72. The lowest BCUT2D eigenvalue weighted by Gasteiger charge is -2.07. The first kappa shape index (κ1) is 11.9. The average molecular weight is 234 g/mol. The number of aromatic nitrogens is 1. The first-order valence-corrected chi connectivity index (χ1v) is 5.90. The van der Waals surface area contributed by atoms with E-state index in [4.69, 9.17) is 4.42 Å². The van der Waals surface area contributed by atoms with E-state index in [2.05, 4.69) is 19.2 Å². The third-order valence-electron chi connectivity index (χ3n) is 2.82. The highest BCUT2D eigenvalue weighted by Crippen LogP contribution is 2.14. The zero-order valence-corrected chi connectivity index (χ0v) is 10.5. The number of hydrogen-bond donors (Lipinski definition) is 1. The summed E-state index contributed by atoms with van der Waals surface area (Å²) in [5, 5.41) is 3.37. The van der Waals surface area contributed by atoms with E-state index in [0.717, 1.165) is 18.5 Å². The topological polar surface area (TPSA) is 47.2 Å². The highest BCUT2D eigenvalue weighted by atomic mass is 16.4. The third kappa shape index (κ3) is 2.58. The molecular formula is C13H18N2O2. The molecule has 0 radical (unpaired) electrons. The minimum Gasteiger partial charge on any atom is -0.408 e. The predicted molar refractivity (Wildman–Crippen MR) is 68.3 cm³/mol. The highest BCUT2D eigenvalue weighted by molar-refractivity contribution is 5.73. The summed E-state index contributed by atoms with van der Waals surface area (Å²) in [4.78, 5) is 11.3. The lowest BCUT2D eigenvalue weighted by Crippen LogP contribution is -2.24. The van der Waals surface area contributed by atoms with E-state index in [9.17, 15) is 4.79 Å². The molecule has 0 aliphatic rings. The zero-order valence-electron chi connectivity index (χ0n) is 10.5. The van der Waals surface area contributed by atoms with Gasteiger partial charge in [0.15, 0.2) is 5.58 Å². The van der Waals surface area contributed by atoms with Crippen molar-refractivity contribution < 1.29 is 4.42 Å². The maximum atomic E-state index is 11.3. The quantitative estimate of drug-likeness (QED) is 0.875. The average Bonchev–Trinajstić information content (AvgIpc) is 2.55. The molecule has 0 fully saturated rings. The first-order valence-electron chi connectivity index (χ1n) is 5.90. The Morgan fingerprint density at radius 1 is 1.41 bits per heavy atom. The molecule has 0 unspecified atom stereocenters. The molecule has 0 bridgehead atoms. The Labute approximate surface area is 100 Å². The fourth-order valence-corrected chi connectivity index (χ4v) is 1.83. The fourth-order valence-electron chi connectivity index (χ4n) is 1.83. The second-order valence-electron chi connectivity index (χ2n) is 4.59. The van der Waals surface area contributed by atoms with Crippen LogP contribution in [0.4, 0.5) is 0 Å². The maximum absolute atomic E-state index is 11.3. The van der Waals surface area contributed by atoms with Gasteiger partial charge < -0.3 is 9.73 Å². The number of nitrogens with one attached hydrogen (secondary N) is 1. The van der Waals surface area contributed by atoms with Crippen LogP contribution in [0.25, 0.3) is 11.1 Å². The molecule has 0 saturated heterocycles. The summed E-state index contributed by atoms with van der Waals surface area (Å²) in [6.45, 7) is 5.20. The van der Waals surface area contributed by atoms with Crippen molar-refractivity contribution in [1.29, 1.82) is 0 Å². The van der Waals surface area contributed by atoms with Crippen LogP contribution < -0.4 is 11.1 Å². The van der Waals surface area contributed by atoms with E-state index in [-0.39, 0.29) is 5.76 Å². The smallest absolute Gasteiger partial charge is 0.408 e. The van der Waals surface area contributed by atoms with Crippen LogP contribution >= 0.6 is 0 Å². The number of oxazole rings is 1. The Bertz CT molecular complexity index is 566. The summed E-state index contributed by atoms with van der Waals surface area (Å²) in [7, 11) is 1.73. The van der Waals surface area contributed by atoms with Crippen molar-refractivity contribution in [1.82, 2.24) is 9.88 Å². The Morgan fingerprint density at radius 2 is 2.18 bits per heavy atom. The van der Waals surface area contributed by atoms with Gasteiger partial charge in [0.2, 0.25) is 0 Å². The van der Waals surface area contributed by atoms with Gasteiger partial charge in [0.1, 0.15) is 0 Å². The van der Waals surface area contributed by atoms with Gasteiger partial charge in [-0.25, -0.2) is 4.79 Å². The molecule has 2 aromatic rings. The van der Waals surface area contributed by atoms with Crippen molar-refractivity contribution in [2.75, 3.05) is 6.54 Å². The van der Waals surface area contributed by atoms with Gasteiger partial charge in [0.05, 0.1) is 5.52 Å². The molecule has 1 aromatic heterocycles. The molecule has 17 heavy (non-hydrogen) atoms. The van der Waals surface area contributed by atoms with Gasteiger partial charge in [-0.05, 0) is 30.7 Å². The van der Waals surface area contributed by atoms with Crippen LogP contribution in [0.2, 0.25) is 0 Å². The van der Waals surface area contributed by atoms with E-state index >= 15 is 0 Å². The summed E-state index contributed by atoms with van der Waals surface area (Å²) in [6.07, 6.45) is 0.952. The van der Waals surface area contributed by atoms with Crippen LogP contribution in [-0.4, -0.2) is 17.2 Å². The molecule has 1 heterocycles. The Hall–Kier alpha value is -1.55. The molecule has 1 aromatic carbocycles. The van der Waals surface area contributed by atoms with Gasteiger partial charge in [-0.1, -0.05) is 19.9 Å². The van der Waals surface area contributed by atoms with Crippen LogP contribution in [0, 0.1) is 0 Å². The van der Waals surface area contributed by atoms with Gasteiger partial charge in [0, 0.05) is 13.1 Å². The molecule has 0 atom stereocenters. The number of fused-ring (bicyclic) bond motifs is 1.